The largest absolute Gasteiger partial charge is 0.454 e. The monoisotopic (exact) mass is 403 g/mol. The van der Waals surface area contributed by atoms with Gasteiger partial charge in [0.05, 0.1) is 22.7 Å². The first kappa shape index (κ1) is 18.0. The Labute approximate surface area is 175 Å². The van der Waals surface area contributed by atoms with Crippen LogP contribution in [0.15, 0.2) is 36.4 Å². The van der Waals surface area contributed by atoms with Gasteiger partial charge in [-0.2, -0.15) is 0 Å². The number of aryl methyl sites for hydroxylation is 1. The van der Waals surface area contributed by atoms with Crippen LogP contribution < -0.4 is 9.47 Å². The van der Waals surface area contributed by atoms with Crippen molar-refractivity contribution >= 4 is 0 Å². The van der Waals surface area contributed by atoms with E-state index in [9.17, 15) is 5.11 Å². The zero-order valence-corrected chi connectivity index (χ0v) is 17.1. The summed E-state index contributed by atoms with van der Waals surface area (Å²) in [7, 11) is 0. The molecule has 4 aliphatic rings. The molecule has 0 radical (unpaired) electrons. The van der Waals surface area contributed by atoms with E-state index < -0.39 is 5.60 Å². The van der Waals surface area contributed by atoms with E-state index in [0.29, 0.717) is 0 Å². The first-order valence-corrected chi connectivity index (χ1v) is 10.7. The summed E-state index contributed by atoms with van der Waals surface area (Å²) in [5.41, 5.74) is 4.22. The quantitative estimate of drug-likeness (QED) is 0.672. The minimum atomic E-state index is -0.463. The van der Waals surface area contributed by atoms with Crippen LogP contribution in [0.4, 0.5) is 0 Å². The Balaban J connectivity index is 1.49. The maximum absolute atomic E-state index is 10.6. The highest BCUT2D eigenvalue weighted by atomic mass is 16.7. The molecular weight excluding hydrogens is 378 g/mol. The number of hydrogen-bond acceptors (Lipinski definition) is 5. The Morgan fingerprint density at radius 2 is 1.70 bits per heavy atom. The Morgan fingerprint density at radius 1 is 0.933 bits per heavy atom. The van der Waals surface area contributed by atoms with Gasteiger partial charge in [0.15, 0.2) is 11.5 Å². The fourth-order valence-corrected chi connectivity index (χ4v) is 5.27. The number of ether oxygens (including phenoxy) is 2. The Hall–Kier alpha value is -2.86. The van der Waals surface area contributed by atoms with Crippen LogP contribution in [-0.2, 0) is 5.41 Å². The van der Waals surface area contributed by atoms with E-state index in [1.165, 1.54) is 0 Å². The third-order valence-corrected chi connectivity index (χ3v) is 7.20. The van der Waals surface area contributed by atoms with Crippen molar-refractivity contribution in [2.24, 2.45) is 0 Å². The molecule has 3 aliphatic carbocycles. The van der Waals surface area contributed by atoms with Crippen molar-refractivity contribution in [1.82, 2.24) is 15.0 Å². The smallest absolute Gasteiger partial charge is 0.231 e. The number of benzene rings is 1. The molecule has 2 bridgehead atoms. The van der Waals surface area contributed by atoms with E-state index >= 15 is 0 Å². The molecule has 3 aromatic rings. The highest BCUT2D eigenvalue weighted by molar-refractivity contribution is 5.78. The molecule has 6 heteroatoms. The lowest BCUT2D eigenvalue weighted by Crippen LogP contribution is -2.48. The van der Waals surface area contributed by atoms with Crippen LogP contribution in [0.5, 0.6) is 11.5 Å². The van der Waals surface area contributed by atoms with Crippen molar-refractivity contribution in [2.75, 3.05) is 6.79 Å². The molecule has 3 fully saturated rings. The number of aromatic amines is 1. The van der Waals surface area contributed by atoms with E-state index in [2.05, 4.69) is 4.98 Å². The van der Waals surface area contributed by atoms with Crippen LogP contribution in [0.3, 0.4) is 0 Å². The number of aliphatic hydroxyl groups is 1. The van der Waals surface area contributed by atoms with Crippen LogP contribution in [-0.4, -0.2) is 32.5 Å². The van der Waals surface area contributed by atoms with Gasteiger partial charge in [0.25, 0.3) is 0 Å². The summed E-state index contributed by atoms with van der Waals surface area (Å²) in [5, 5.41) is 10.6. The number of hydrogen-bond donors (Lipinski definition) is 2. The van der Waals surface area contributed by atoms with Crippen LogP contribution in [0.1, 0.15) is 50.0 Å². The van der Waals surface area contributed by atoms with Crippen LogP contribution in [0, 0.1) is 6.92 Å². The fourth-order valence-electron chi connectivity index (χ4n) is 5.27. The molecular formula is C24H25N3O3. The van der Waals surface area contributed by atoms with Gasteiger partial charge >= 0.3 is 0 Å². The molecule has 0 amide bonds. The molecule has 0 atom stereocenters. The van der Waals surface area contributed by atoms with Crippen molar-refractivity contribution in [3.8, 4) is 34.1 Å². The van der Waals surface area contributed by atoms with Crippen LogP contribution in [0.2, 0.25) is 0 Å². The number of aromatic nitrogens is 3. The molecule has 2 N–H and O–H groups in total. The first-order valence-electron chi connectivity index (χ1n) is 10.7. The summed E-state index contributed by atoms with van der Waals surface area (Å²) in [6, 6.07) is 12.0. The zero-order valence-electron chi connectivity index (χ0n) is 17.1. The molecule has 3 heterocycles. The van der Waals surface area contributed by atoms with Gasteiger partial charge in [0.2, 0.25) is 6.79 Å². The lowest BCUT2D eigenvalue weighted by atomic mass is 9.58. The summed E-state index contributed by atoms with van der Waals surface area (Å²) >= 11 is 0. The van der Waals surface area contributed by atoms with Crippen molar-refractivity contribution in [3.63, 3.8) is 0 Å². The second-order valence-electron chi connectivity index (χ2n) is 9.05. The third-order valence-electron chi connectivity index (χ3n) is 7.20. The molecule has 0 unspecified atom stereocenters. The normalized spacial score (nSPS) is 26.9. The fraction of sp³-hybridized carbons (Fsp3) is 0.417. The van der Waals surface area contributed by atoms with Gasteiger partial charge in [-0.05, 0) is 75.8 Å². The van der Waals surface area contributed by atoms with Crippen LogP contribution >= 0.6 is 0 Å². The average molecular weight is 403 g/mol. The summed E-state index contributed by atoms with van der Waals surface area (Å²) < 4.78 is 11.1. The summed E-state index contributed by atoms with van der Waals surface area (Å²) in [6.07, 6.45) is 5.47. The molecule has 0 saturated heterocycles. The minimum absolute atomic E-state index is 0.0116. The topological polar surface area (TPSA) is 80.3 Å². The van der Waals surface area contributed by atoms with Gasteiger partial charge in [-0.3, -0.25) is 4.98 Å². The number of imidazole rings is 1. The van der Waals surface area contributed by atoms with E-state index in [-0.39, 0.29) is 12.2 Å². The molecule has 6 nitrogen and oxygen atoms in total. The summed E-state index contributed by atoms with van der Waals surface area (Å²) in [6.45, 7) is 2.26. The minimum Gasteiger partial charge on any atom is -0.454 e. The lowest BCUT2D eigenvalue weighted by molar-refractivity contribution is -0.0678. The van der Waals surface area contributed by atoms with Gasteiger partial charge < -0.3 is 19.6 Å². The number of H-pyrrole nitrogens is 1. The van der Waals surface area contributed by atoms with Crippen molar-refractivity contribution in [1.29, 1.82) is 0 Å². The number of rotatable bonds is 3. The number of nitrogens with one attached hydrogen (secondary N) is 1. The zero-order chi connectivity index (χ0) is 20.3. The van der Waals surface area contributed by atoms with E-state index in [1.807, 2.05) is 43.3 Å². The molecule has 3 saturated carbocycles. The van der Waals surface area contributed by atoms with Gasteiger partial charge in [-0.25, -0.2) is 4.98 Å². The summed E-state index contributed by atoms with van der Waals surface area (Å²) in [4.78, 5) is 13.6. The van der Waals surface area contributed by atoms with Gasteiger partial charge in [-0.1, -0.05) is 6.07 Å². The van der Waals surface area contributed by atoms with E-state index in [4.69, 9.17) is 19.4 Å². The van der Waals surface area contributed by atoms with Crippen LogP contribution in [0.25, 0.3) is 22.6 Å². The second-order valence-corrected chi connectivity index (χ2v) is 9.05. The molecule has 2 aromatic heterocycles. The Morgan fingerprint density at radius 3 is 2.47 bits per heavy atom. The predicted molar refractivity (Wildman–Crippen MR) is 112 cm³/mol. The van der Waals surface area contributed by atoms with Crippen molar-refractivity contribution in [3.05, 3.63) is 47.9 Å². The SMILES string of the molecule is Cc1cccc(-c2[nH]c(C34CCC(O)(CC3)CC4)nc2-c2ccc3c(c2)OCO3)n1. The van der Waals surface area contributed by atoms with Gasteiger partial charge in [0, 0.05) is 16.7 Å². The highest BCUT2D eigenvalue weighted by Crippen LogP contribution is 2.53. The number of fused-ring (bicyclic) bond motifs is 4. The number of nitrogens with zero attached hydrogens (tertiary/aromatic N) is 2. The molecule has 1 aliphatic heterocycles. The predicted octanol–water partition coefficient (Wildman–Crippen LogP) is 4.51. The Bertz CT molecular complexity index is 1110. The molecule has 7 rings (SSSR count). The van der Waals surface area contributed by atoms with Gasteiger partial charge in [-0.15, -0.1) is 0 Å². The maximum Gasteiger partial charge on any atom is 0.231 e. The number of pyridine rings is 1. The van der Waals surface area contributed by atoms with Crippen molar-refractivity contribution in [2.45, 2.75) is 56.5 Å². The second kappa shape index (κ2) is 6.32. The molecule has 1 aromatic carbocycles. The van der Waals surface area contributed by atoms with Crippen molar-refractivity contribution < 1.29 is 14.6 Å². The standard InChI is InChI=1S/C24H25N3O3/c1-15-3-2-4-17(25-15)21-20(16-5-6-18-19(13-16)30-14-29-18)26-22(27-21)23-7-10-24(28,11-8-23)12-9-23/h2-6,13,28H,7-12,14H2,1H3,(H,26,27). The van der Waals surface area contributed by atoms with Gasteiger partial charge in [0.1, 0.15) is 5.82 Å². The van der Waals surface area contributed by atoms with E-state index in [1.54, 1.807) is 0 Å². The summed E-state index contributed by atoms with van der Waals surface area (Å²) in [5.74, 6) is 2.54. The third kappa shape index (κ3) is 2.74. The molecule has 0 spiro atoms. The van der Waals surface area contributed by atoms with E-state index in [0.717, 1.165) is 84.2 Å². The Kier molecular flexibility index (Phi) is 3.78. The first-order chi connectivity index (χ1) is 14.5. The average Bonchev–Trinajstić information content (AvgIpc) is 3.42. The highest BCUT2D eigenvalue weighted by Gasteiger charge is 2.50. The molecule has 30 heavy (non-hydrogen) atoms. The maximum atomic E-state index is 10.6. The lowest BCUT2D eigenvalue weighted by Gasteiger charge is -2.50. The molecule has 154 valence electrons.